The van der Waals surface area contributed by atoms with E-state index in [1.807, 2.05) is 52.8 Å². The first-order valence-electron chi connectivity index (χ1n) is 13.9. The third-order valence-electron chi connectivity index (χ3n) is 7.94. The second-order valence-corrected chi connectivity index (χ2v) is 13.1. The number of aliphatic hydroxyl groups is 1. The molecule has 3 amide bonds. The Labute approximate surface area is 245 Å². The Hall–Kier alpha value is -3.49. The Morgan fingerprint density at radius 1 is 1.29 bits per heavy atom. The summed E-state index contributed by atoms with van der Waals surface area (Å²) in [6, 6.07) is 5.73. The number of hydrogen-bond acceptors (Lipinski definition) is 8. The topological polar surface area (TPSA) is 145 Å². The average Bonchev–Trinajstić information content (AvgIpc) is 3.36. The number of carbonyl (C=O) groups excluding carboxylic acids is 3. The van der Waals surface area contributed by atoms with Crippen LogP contribution in [0.1, 0.15) is 70.7 Å². The van der Waals surface area contributed by atoms with E-state index in [-0.39, 0.29) is 25.3 Å². The van der Waals surface area contributed by atoms with Gasteiger partial charge in [0.1, 0.15) is 17.8 Å². The maximum atomic E-state index is 13.8. The lowest BCUT2D eigenvalue weighted by molar-refractivity contribution is -0.144. The highest BCUT2D eigenvalue weighted by molar-refractivity contribution is 7.13. The van der Waals surface area contributed by atoms with Gasteiger partial charge in [-0.1, -0.05) is 32.9 Å². The molecule has 1 aromatic heterocycles. The number of likely N-dealkylation sites (tertiary alicyclic amines) is 1. The number of β-amino-alcohol motifs (C(OH)–C–C–N with tert-alkyl or cyclic N) is 1. The fourth-order valence-electron chi connectivity index (χ4n) is 5.30. The molecule has 2 aliphatic rings. The van der Waals surface area contributed by atoms with E-state index in [1.54, 1.807) is 24.0 Å². The molecule has 2 aromatic rings. The molecule has 0 spiro atoms. The number of methoxy groups -OCH3 is 1. The van der Waals surface area contributed by atoms with Gasteiger partial charge in [-0.25, -0.2) is 4.98 Å². The van der Waals surface area contributed by atoms with Crippen molar-refractivity contribution in [3.05, 3.63) is 35.0 Å². The number of nitrogens with zero attached hydrogens (tertiary/aromatic N) is 3. The number of nitrogens with one attached hydrogen (secondary N) is 2. The molecular weight excluding hydrogens is 542 g/mol. The molecule has 11 heteroatoms. The average molecular weight is 582 g/mol. The Kier molecular flexibility index (Phi) is 8.76. The largest absolute Gasteiger partial charge is 0.496 e. The van der Waals surface area contributed by atoms with Gasteiger partial charge in [0.05, 0.1) is 46.8 Å². The molecule has 0 bridgehead atoms. The van der Waals surface area contributed by atoms with Crippen LogP contribution < -0.4 is 15.4 Å². The number of aliphatic hydroxyl groups excluding tert-OH is 1. The summed E-state index contributed by atoms with van der Waals surface area (Å²) in [6.07, 6.45) is 0.597. The number of thiazole rings is 1. The SMILES string of the molecule is COc1cc(-c2scnc2C)ccc1[C@H](C)NC(=O)C1C[C@@H](O)CN1C(=O)[C@@H](NC(=O)CC1(C#N)CC1)C(C)(C)C. The molecule has 10 nitrogen and oxygen atoms in total. The zero-order valence-electron chi connectivity index (χ0n) is 24.5. The lowest BCUT2D eigenvalue weighted by Crippen LogP contribution is -2.58. The van der Waals surface area contributed by atoms with Crippen molar-refractivity contribution in [2.45, 2.75) is 84.5 Å². The molecule has 3 N–H and O–H groups in total. The number of ether oxygens (including phenoxy) is 1. The zero-order chi connectivity index (χ0) is 30.1. The Morgan fingerprint density at radius 3 is 2.56 bits per heavy atom. The van der Waals surface area contributed by atoms with E-state index in [1.165, 1.54) is 4.90 Å². The third kappa shape index (κ3) is 6.71. The molecule has 4 rings (SSSR count). The lowest BCUT2D eigenvalue weighted by atomic mass is 9.85. The molecule has 4 atom stereocenters. The van der Waals surface area contributed by atoms with Crippen molar-refractivity contribution in [2.75, 3.05) is 13.7 Å². The summed E-state index contributed by atoms with van der Waals surface area (Å²) < 4.78 is 5.65. The maximum Gasteiger partial charge on any atom is 0.246 e. The molecule has 2 heterocycles. The van der Waals surface area contributed by atoms with Crippen LogP contribution in [0.2, 0.25) is 0 Å². The van der Waals surface area contributed by atoms with E-state index in [0.29, 0.717) is 18.6 Å². The van der Waals surface area contributed by atoms with Crippen LogP contribution in [0, 0.1) is 29.1 Å². The van der Waals surface area contributed by atoms with Crippen LogP contribution in [0.4, 0.5) is 0 Å². The molecule has 2 fully saturated rings. The Bertz CT molecular complexity index is 1360. The van der Waals surface area contributed by atoms with Crippen molar-refractivity contribution in [3.8, 4) is 22.3 Å². The van der Waals surface area contributed by atoms with Crippen LogP contribution in [-0.2, 0) is 14.4 Å². The van der Waals surface area contributed by atoms with E-state index in [2.05, 4.69) is 21.7 Å². The normalized spacial score (nSPS) is 21.0. The predicted molar refractivity (Wildman–Crippen MR) is 155 cm³/mol. The summed E-state index contributed by atoms with van der Waals surface area (Å²) in [5.74, 6) is -0.578. The first-order chi connectivity index (χ1) is 19.3. The van der Waals surface area contributed by atoms with Crippen molar-refractivity contribution >= 4 is 29.1 Å². The van der Waals surface area contributed by atoms with E-state index in [9.17, 15) is 24.8 Å². The number of amides is 3. The molecule has 41 heavy (non-hydrogen) atoms. The number of hydrogen-bond donors (Lipinski definition) is 3. The Balaban J connectivity index is 1.49. The summed E-state index contributed by atoms with van der Waals surface area (Å²) >= 11 is 1.54. The molecule has 1 unspecified atom stereocenters. The molecule has 1 saturated heterocycles. The minimum Gasteiger partial charge on any atom is -0.496 e. The van der Waals surface area contributed by atoms with Crippen molar-refractivity contribution in [2.24, 2.45) is 10.8 Å². The Morgan fingerprint density at radius 2 is 2.00 bits per heavy atom. The highest BCUT2D eigenvalue weighted by Gasteiger charge is 2.48. The first kappa shape index (κ1) is 30.5. The van der Waals surface area contributed by atoms with Crippen LogP contribution in [-0.4, -0.2) is 64.6 Å². The fraction of sp³-hybridized carbons (Fsp3) is 0.567. The van der Waals surface area contributed by atoms with E-state index in [0.717, 1.165) is 21.7 Å². The minimum atomic E-state index is -0.926. The summed E-state index contributed by atoms with van der Waals surface area (Å²) in [5, 5.41) is 25.7. The molecule has 220 valence electrons. The van der Waals surface area contributed by atoms with Crippen molar-refractivity contribution in [1.29, 1.82) is 5.26 Å². The summed E-state index contributed by atoms with van der Waals surface area (Å²) in [6.45, 7) is 9.28. The van der Waals surface area contributed by atoms with Gasteiger partial charge in [-0.3, -0.25) is 14.4 Å². The smallest absolute Gasteiger partial charge is 0.246 e. The summed E-state index contributed by atoms with van der Waals surface area (Å²) in [4.78, 5) is 46.9. The number of aromatic nitrogens is 1. The summed E-state index contributed by atoms with van der Waals surface area (Å²) in [7, 11) is 1.58. The zero-order valence-corrected chi connectivity index (χ0v) is 25.3. The van der Waals surface area contributed by atoms with Gasteiger partial charge in [0.15, 0.2) is 0 Å². The molecule has 1 aliphatic carbocycles. The molecule has 1 aromatic carbocycles. The monoisotopic (exact) mass is 581 g/mol. The van der Waals surface area contributed by atoms with Crippen LogP contribution in [0.5, 0.6) is 5.75 Å². The van der Waals surface area contributed by atoms with Gasteiger partial charge < -0.3 is 25.4 Å². The lowest BCUT2D eigenvalue weighted by Gasteiger charge is -2.35. The van der Waals surface area contributed by atoms with E-state index >= 15 is 0 Å². The minimum absolute atomic E-state index is 0.0118. The number of carbonyl (C=O) groups is 3. The third-order valence-corrected chi connectivity index (χ3v) is 8.92. The number of rotatable bonds is 9. The second kappa shape index (κ2) is 11.8. The standard InChI is InChI=1S/C30H39N5O5S/c1-17(21-8-7-19(11-23(21)40-6)25-18(2)32-16-41-25)33-27(38)22-12-20(36)14-35(22)28(39)26(29(3,4)5)34-24(37)13-30(15-31)9-10-30/h7-8,11,16-17,20,22,26,36H,9-10,12-14H2,1-6H3,(H,33,38)(H,34,37)/t17-,20+,22?,26+/m0/s1. The quantitative estimate of drug-likeness (QED) is 0.411. The summed E-state index contributed by atoms with van der Waals surface area (Å²) in [5.41, 5.74) is 3.16. The predicted octanol–water partition coefficient (Wildman–Crippen LogP) is 3.49. The van der Waals surface area contributed by atoms with Crippen molar-refractivity contribution < 1.29 is 24.2 Å². The van der Waals surface area contributed by atoms with Crippen molar-refractivity contribution in [3.63, 3.8) is 0 Å². The first-order valence-corrected chi connectivity index (χ1v) is 14.7. The van der Waals surface area contributed by atoms with Gasteiger partial charge in [0.2, 0.25) is 17.7 Å². The van der Waals surface area contributed by atoms with E-state index in [4.69, 9.17) is 4.74 Å². The van der Waals surface area contributed by atoms with Gasteiger partial charge >= 0.3 is 0 Å². The fourth-order valence-corrected chi connectivity index (χ4v) is 6.10. The molecule has 0 radical (unpaired) electrons. The van der Waals surface area contributed by atoms with Gasteiger partial charge in [-0.15, -0.1) is 11.3 Å². The van der Waals surface area contributed by atoms with Crippen LogP contribution >= 0.6 is 11.3 Å². The maximum absolute atomic E-state index is 13.8. The number of benzene rings is 1. The van der Waals surface area contributed by atoms with Crippen LogP contribution in [0.3, 0.4) is 0 Å². The van der Waals surface area contributed by atoms with Gasteiger partial charge in [-0.05, 0) is 43.7 Å². The molecule has 1 saturated carbocycles. The van der Waals surface area contributed by atoms with Gasteiger partial charge in [0, 0.05) is 24.9 Å². The second-order valence-electron chi connectivity index (χ2n) is 12.3. The number of nitriles is 1. The van der Waals surface area contributed by atoms with Crippen LogP contribution in [0.15, 0.2) is 23.7 Å². The number of aryl methyl sites for hydroxylation is 1. The highest BCUT2D eigenvalue weighted by Crippen LogP contribution is 2.48. The van der Waals surface area contributed by atoms with Gasteiger partial charge in [-0.2, -0.15) is 5.26 Å². The van der Waals surface area contributed by atoms with Crippen LogP contribution in [0.25, 0.3) is 10.4 Å². The highest BCUT2D eigenvalue weighted by atomic mass is 32.1. The molecular formula is C30H39N5O5S. The van der Waals surface area contributed by atoms with E-state index < -0.39 is 46.9 Å². The van der Waals surface area contributed by atoms with Crippen molar-refractivity contribution in [1.82, 2.24) is 20.5 Å². The van der Waals surface area contributed by atoms with Gasteiger partial charge in [0.25, 0.3) is 0 Å². The molecule has 1 aliphatic heterocycles.